The Balaban J connectivity index is 1.52. The average molecular weight is 492 g/mol. The molecular weight excluding hydrogens is 470 g/mol. The third-order valence-corrected chi connectivity index (χ3v) is 4.87. The number of rotatable bonds is 9. The van der Waals surface area contributed by atoms with Gasteiger partial charge in [0.1, 0.15) is 0 Å². The highest BCUT2D eigenvalue weighted by Crippen LogP contribution is 2.27. The van der Waals surface area contributed by atoms with Crippen molar-refractivity contribution in [1.82, 2.24) is 10.7 Å². The predicted octanol–water partition coefficient (Wildman–Crippen LogP) is 3.85. The molecule has 0 saturated heterocycles. The van der Waals surface area contributed by atoms with E-state index in [9.17, 15) is 14.4 Å². The molecule has 2 N–H and O–H groups in total. The minimum Gasteiger partial charge on any atom is -0.493 e. The molecule has 0 aliphatic rings. The van der Waals surface area contributed by atoms with Crippen LogP contribution in [-0.4, -0.2) is 37.7 Å². The van der Waals surface area contributed by atoms with Crippen molar-refractivity contribution in [2.45, 2.75) is 0 Å². The van der Waals surface area contributed by atoms with Gasteiger partial charge in [-0.05, 0) is 47.5 Å². The van der Waals surface area contributed by atoms with Crippen LogP contribution < -0.4 is 20.2 Å². The summed E-state index contributed by atoms with van der Waals surface area (Å²) in [6, 6.07) is 20.7. The van der Waals surface area contributed by atoms with Crippen molar-refractivity contribution in [1.29, 1.82) is 0 Å². The molecule has 3 aromatic carbocycles. The number of hydrogen-bond acceptors (Lipinski definition) is 6. The van der Waals surface area contributed by atoms with Crippen LogP contribution >= 0.6 is 11.6 Å². The summed E-state index contributed by atoms with van der Waals surface area (Å²) < 4.78 is 10.6. The first-order valence-corrected chi connectivity index (χ1v) is 10.8. The lowest BCUT2D eigenvalue weighted by molar-refractivity contribution is -0.129. The first-order valence-electron chi connectivity index (χ1n) is 10.4. The zero-order valence-electron chi connectivity index (χ0n) is 18.7. The molecule has 0 unspecified atom stereocenters. The van der Waals surface area contributed by atoms with E-state index in [1.54, 1.807) is 48.5 Å². The lowest BCUT2D eigenvalue weighted by atomic mass is 10.2. The molecule has 9 heteroatoms. The van der Waals surface area contributed by atoms with Crippen LogP contribution in [0.5, 0.6) is 11.5 Å². The predicted molar refractivity (Wildman–Crippen MR) is 134 cm³/mol. The molecule has 0 heterocycles. The van der Waals surface area contributed by atoms with Gasteiger partial charge in [-0.25, -0.2) is 10.2 Å². The van der Waals surface area contributed by atoms with Crippen LogP contribution in [0.2, 0.25) is 5.02 Å². The number of benzene rings is 3. The summed E-state index contributed by atoms with van der Waals surface area (Å²) in [5.74, 6) is -1.00. The minimum atomic E-state index is -0.556. The number of esters is 1. The van der Waals surface area contributed by atoms with Crippen LogP contribution in [0.15, 0.2) is 84.0 Å². The van der Waals surface area contributed by atoms with E-state index in [1.165, 1.54) is 19.4 Å². The van der Waals surface area contributed by atoms with E-state index >= 15 is 0 Å². The van der Waals surface area contributed by atoms with Gasteiger partial charge in [0.15, 0.2) is 11.5 Å². The lowest BCUT2D eigenvalue weighted by Crippen LogP contribution is -2.35. The zero-order chi connectivity index (χ0) is 25.0. The van der Waals surface area contributed by atoms with Crippen molar-refractivity contribution >= 4 is 41.7 Å². The van der Waals surface area contributed by atoms with Crippen molar-refractivity contribution < 1.29 is 23.9 Å². The topological polar surface area (TPSA) is 106 Å². The normalized spacial score (nSPS) is 10.8. The SMILES string of the molecule is COc1cc(/C=N/NC(=O)CNC(=O)c2ccccc2Cl)ccc1OC(=O)/C=C/c1ccccc1. The van der Waals surface area contributed by atoms with Gasteiger partial charge in [-0.1, -0.05) is 54.1 Å². The van der Waals surface area contributed by atoms with Gasteiger partial charge < -0.3 is 14.8 Å². The number of amides is 2. The van der Waals surface area contributed by atoms with Gasteiger partial charge in [-0.2, -0.15) is 5.10 Å². The number of carbonyl (C=O) groups excluding carboxylic acids is 3. The summed E-state index contributed by atoms with van der Waals surface area (Å²) in [6.45, 7) is -0.282. The Bertz CT molecular complexity index is 1260. The Labute approximate surface area is 207 Å². The maximum atomic E-state index is 12.1. The van der Waals surface area contributed by atoms with Crippen molar-refractivity contribution in [2.75, 3.05) is 13.7 Å². The number of hydrogen-bond donors (Lipinski definition) is 2. The molecule has 0 bridgehead atoms. The molecule has 0 spiro atoms. The monoisotopic (exact) mass is 491 g/mol. The lowest BCUT2D eigenvalue weighted by Gasteiger charge is -2.08. The third kappa shape index (κ3) is 7.83. The summed E-state index contributed by atoms with van der Waals surface area (Å²) in [5, 5.41) is 6.62. The quantitative estimate of drug-likeness (QED) is 0.155. The van der Waals surface area contributed by atoms with Gasteiger partial charge in [0.25, 0.3) is 11.8 Å². The molecule has 0 radical (unpaired) electrons. The summed E-state index contributed by atoms with van der Waals surface area (Å²) in [6.07, 6.45) is 4.36. The van der Waals surface area contributed by atoms with Gasteiger partial charge >= 0.3 is 5.97 Å². The van der Waals surface area contributed by atoms with Crippen LogP contribution in [0.3, 0.4) is 0 Å². The minimum absolute atomic E-state index is 0.235. The third-order valence-electron chi connectivity index (χ3n) is 4.54. The summed E-state index contributed by atoms with van der Waals surface area (Å²) in [5.41, 5.74) is 4.04. The second kappa shape index (κ2) is 12.7. The highest BCUT2D eigenvalue weighted by Gasteiger charge is 2.11. The Morgan fingerprint density at radius 1 is 0.943 bits per heavy atom. The number of ether oxygens (including phenoxy) is 2. The molecule has 3 aromatic rings. The summed E-state index contributed by atoms with van der Waals surface area (Å²) in [4.78, 5) is 36.2. The number of halogens is 1. The highest BCUT2D eigenvalue weighted by atomic mass is 35.5. The van der Waals surface area contributed by atoms with E-state index in [0.717, 1.165) is 5.56 Å². The molecule has 0 fully saturated rings. The summed E-state index contributed by atoms with van der Waals surface area (Å²) in [7, 11) is 1.44. The zero-order valence-corrected chi connectivity index (χ0v) is 19.5. The largest absolute Gasteiger partial charge is 0.493 e. The first-order chi connectivity index (χ1) is 17.0. The molecule has 0 aliphatic carbocycles. The fraction of sp³-hybridized carbons (Fsp3) is 0.0769. The maximum Gasteiger partial charge on any atom is 0.336 e. The van der Waals surface area contributed by atoms with Crippen LogP contribution in [0.4, 0.5) is 0 Å². The second-order valence-electron chi connectivity index (χ2n) is 7.03. The molecule has 3 rings (SSSR count). The van der Waals surface area contributed by atoms with Gasteiger partial charge in [0, 0.05) is 6.08 Å². The van der Waals surface area contributed by atoms with E-state index in [-0.39, 0.29) is 17.9 Å². The van der Waals surface area contributed by atoms with Gasteiger partial charge in [-0.15, -0.1) is 0 Å². The van der Waals surface area contributed by atoms with Crippen molar-refractivity contribution in [3.05, 3.63) is 101 Å². The van der Waals surface area contributed by atoms with E-state index in [1.807, 2.05) is 30.3 Å². The van der Waals surface area contributed by atoms with Crippen molar-refractivity contribution in [3.8, 4) is 11.5 Å². The van der Waals surface area contributed by atoms with Crippen molar-refractivity contribution in [2.24, 2.45) is 5.10 Å². The summed E-state index contributed by atoms with van der Waals surface area (Å²) >= 11 is 5.96. The average Bonchev–Trinajstić information content (AvgIpc) is 2.87. The number of nitrogens with one attached hydrogen (secondary N) is 2. The van der Waals surface area contributed by atoms with Crippen LogP contribution in [0, 0.1) is 0 Å². The van der Waals surface area contributed by atoms with Crippen LogP contribution in [0.25, 0.3) is 6.08 Å². The van der Waals surface area contributed by atoms with E-state index < -0.39 is 17.8 Å². The maximum absolute atomic E-state index is 12.1. The second-order valence-corrected chi connectivity index (χ2v) is 7.44. The molecule has 178 valence electrons. The number of nitrogens with zero attached hydrogens (tertiary/aromatic N) is 1. The van der Waals surface area contributed by atoms with Gasteiger partial charge in [-0.3, -0.25) is 9.59 Å². The van der Waals surface area contributed by atoms with Crippen molar-refractivity contribution in [3.63, 3.8) is 0 Å². The van der Waals surface area contributed by atoms with E-state index in [2.05, 4.69) is 15.8 Å². The Morgan fingerprint density at radius 3 is 2.43 bits per heavy atom. The van der Waals surface area contributed by atoms with Gasteiger partial charge in [0.2, 0.25) is 0 Å². The molecule has 35 heavy (non-hydrogen) atoms. The van der Waals surface area contributed by atoms with Crippen LogP contribution in [0.1, 0.15) is 21.5 Å². The highest BCUT2D eigenvalue weighted by molar-refractivity contribution is 6.33. The Kier molecular flexibility index (Phi) is 9.15. The molecule has 2 amide bonds. The van der Waals surface area contributed by atoms with E-state index in [0.29, 0.717) is 16.3 Å². The Hall–Kier alpha value is -4.43. The first kappa shape index (κ1) is 25.2. The fourth-order valence-corrected chi connectivity index (χ4v) is 3.06. The molecule has 8 nitrogen and oxygen atoms in total. The molecule has 0 saturated carbocycles. The fourth-order valence-electron chi connectivity index (χ4n) is 2.84. The number of methoxy groups -OCH3 is 1. The molecule has 0 aromatic heterocycles. The Morgan fingerprint density at radius 2 is 1.69 bits per heavy atom. The molecule has 0 aliphatic heterocycles. The molecule has 0 atom stereocenters. The molecular formula is C26H22ClN3O5. The van der Waals surface area contributed by atoms with E-state index in [4.69, 9.17) is 21.1 Å². The number of carbonyl (C=O) groups is 3. The number of hydrazone groups is 1. The van der Waals surface area contributed by atoms with Gasteiger partial charge in [0.05, 0.1) is 30.5 Å². The smallest absolute Gasteiger partial charge is 0.336 e. The standard InChI is InChI=1S/C26H22ClN3O5/c1-34-23-15-19(11-13-22(23)35-25(32)14-12-18-7-3-2-4-8-18)16-29-30-24(31)17-28-26(33)20-9-5-6-10-21(20)27/h2-16H,17H2,1H3,(H,28,33)(H,30,31)/b14-12+,29-16+. The van der Waals surface area contributed by atoms with Crippen LogP contribution in [-0.2, 0) is 9.59 Å².